The number of hydrogen-bond acceptors (Lipinski definition) is 3. The number of carbonyl (C=O) groups is 3. The van der Waals surface area contributed by atoms with Crippen molar-refractivity contribution in [2.24, 2.45) is 0 Å². The van der Waals surface area contributed by atoms with Crippen molar-refractivity contribution in [1.29, 1.82) is 0 Å². The smallest absolute Gasteiger partial charge is 0.332 e. The molecule has 3 heterocycles. The van der Waals surface area contributed by atoms with Crippen LogP contribution < -0.4 is 10.2 Å². The van der Waals surface area contributed by atoms with Crippen LogP contribution in [0.5, 0.6) is 0 Å². The van der Waals surface area contributed by atoms with Crippen molar-refractivity contribution in [2.45, 2.75) is 18.5 Å². The Balaban J connectivity index is 1.49. The number of aromatic amines is 1. The molecule has 2 unspecified atom stereocenters. The number of para-hydroxylation sites is 2. The Hall–Kier alpha value is -4.65. The molecule has 4 aromatic rings. The fraction of sp³-hybridized carbons (Fsp3) is 0.138. The molecule has 2 atom stereocenters. The monoisotopic (exact) mass is 476 g/mol. The molecule has 4 amide bonds. The van der Waals surface area contributed by atoms with Crippen LogP contribution in [-0.2, 0) is 11.2 Å². The molecule has 1 fully saturated rings. The Morgan fingerprint density at radius 2 is 1.72 bits per heavy atom. The normalized spacial score (nSPS) is 18.8. The van der Waals surface area contributed by atoms with Crippen LogP contribution in [0.3, 0.4) is 0 Å². The van der Waals surface area contributed by atoms with E-state index in [0.717, 1.165) is 32.6 Å². The van der Waals surface area contributed by atoms with Gasteiger partial charge < -0.3 is 10.3 Å². The summed E-state index contributed by atoms with van der Waals surface area (Å²) in [7, 11) is 0. The van der Waals surface area contributed by atoms with E-state index in [1.165, 1.54) is 0 Å². The number of urea groups is 1. The van der Waals surface area contributed by atoms with Gasteiger partial charge in [-0.05, 0) is 29.3 Å². The van der Waals surface area contributed by atoms with E-state index < -0.39 is 18.1 Å². The number of aromatic nitrogens is 1. The lowest BCUT2D eigenvalue weighted by Crippen LogP contribution is -2.44. The molecule has 178 valence electrons. The first-order valence-electron chi connectivity index (χ1n) is 11.9. The fourth-order valence-corrected chi connectivity index (χ4v) is 5.40. The highest BCUT2D eigenvalue weighted by Gasteiger charge is 2.53. The summed E-state index contributed by atoms with van der Waals surface area (Å²) in [5.41, 5.74) is 4.39. The third kappa shape index (κ3) is 3.24. The van der Waals surface area contributed by atoms with Crippen LogP contribution in [0.1, 0.15) is 33.2 Å². The molecule has 0 bridgehead atoms. The minimum atomic E-state index is -0.682. The zero-order valence-corrected chi connectivity index (χ0v) is 19.5. The maximum atomic E-state index is 14.0. The van der Waals surface area contributed by atoms with Gasteiger partial charge in [0.2, 0.25) is 0 Å². The summed E-state index contributed by atoms with van der Waals surface area (Å²) in [5.74, 6) is -0.701. The summed E-state index contributed by atoms with van der Waals surface area (Å²) in [4.78, 5) is 47.1. The van der Waals surface area contributed by atoms with E-state index in [4.69, 9.17) is 0 Å². The molecule has 7 nitrogen and oxygen atoms in total. The van der Waals surface area contributed by atoms with Crippen molar-refractivity contribution in [3.8, 4) is 0 Å². The summed E-state index contributed by atoms with van der Waals surface area (Å²) in [6, 6.07) is 22.9. The molecular weight excluding hydrogens is 452 g/mol. The second-order valence-electron chi connectivity index (χ2n) is 8.98. The van der Waals surface area contributed by atoms with Gasteiger partial charge >= 0.3 is 6.03 Å². The molecule has 0 radical (unpaired) electrons. The van der Waals surface area contributed by atoms with Gasteiger partial charge in [-0.25, -0.2) is 9.69 Å². The molecule has 3 aromatic carbocycles. The van der Waals surface area contributed by atoms with Crippen molar-refractivity contribution >= 4 is 34.4 Å². The zero-order chi connectivity index (χ0) is 24.8. The van der Waals surface area contributed by atoms with E-state index in [-0.39, 0.29) is 29.6 Å². The Morgan fingerprint density at radius 1 is 1.00 bits per heavy atom. The second kappa shape index (κ2) is 8.53. The highest BCUT2D eigenvalue weighted by atomic mass is 16.2. The average Bonchev–Trinajstić information content (AvgIpc) is 3.41. The predicted molar refractivity (Wildman–Crippen MR) is 138 cm³/mol. The summed E-state index contributed by atoms with van der Waals surface area (Å²) in [6.45, 7) is 3.91. The lowest BCUT2D eigenvalue weighted by molar-refractivity contribution is -0.120. The number of rotatable bonds is 5. The maximum absolute atomic E-state index is 14.0. The van der Waals surface area contributed by atoms with Crippen LogP contribution in [0, 0.1) is 0 Å². The van der Waals surface area contributed by atoms with Crippen molar-refractivity contribution < 1.29 is 14.4 Å². The van der Waals surface area contributed by atoms with Gasteiger partial charge in [0.15, 0.2) is 0 Å². The molecular formula is C29H24N4O3. The van der Waals surface area contributed by atoms with Gasteiger partial charge in [-0.3, -0.25) is 14.5 Å². The standard InChI is InChI=1S/C29H24N4O3/c1-2-16-30-27(34)20-13-7-9-15-23(20)33-28(35)24-17-21-19-12-6-8-14-22(19)31-25(21)26(32(24)29(33)36)18-10-4-3-5-11-18/h2-15,24,26,31H,1,16-17H2,(H,30,34). The highest BCUT2D eigenvalue weighted by molar-refractivity contribution is 6.24. The zero-order valence-electron chi connectivity index (χ0n) is 19.5. The van der Waals surface area contributed by atoms with Gasteiger partial charge in [0.05, 0.1) is 11.3 Å². The molecule has 7 heteroatoms. The minimum absolute atomic E-state index is 0.265. The van der Waals surface area contributed by atoms with Gasteiger partial charge in [0.25, 0.3) is 11.8 Å². The second-order valence-corrected chi connectivity index (χ2v) is 8.98. The first kappa shape index (κ1) is 21.9. The van der Waals surface area contributed by atoms with E-state index in [1.807, 2.05) is 54.6 Å². The van der Waals surface area contributed by atoms with Crippen LogP contribution in [0.25, 0.3) is 10.9 Å². The molecule has 2 aliphatic rings. The van der Waals surface area contributed by atoms with Crippen LogP contribution >= 0.6 is 0 Å². The Labute approximate surface area is 208 Å². The third-order valence-electron chi connectivity index (χ3n) is 6.96. The van der Waals surface area contributed by atoms with E-state index in [2.05, 4.69) is 16.9 Å². The predicted octanol–water partition coefficient (Wildman–Crippen LogP) is 4.57. The quantitative estimate of drug-likeness (QED) is 0.327. The summed E-state index contributed by atoms with van der Waals surface area (Å²) >= 11 is 0. The maximum Gasteiger partial charge on any atom is 0.332 e. The van der Waals surface area contributed by atoms with Crippen LogP contribution in [-0.4, -0.2) is 40.3 Å². The van der Waals surface area contributed by atoms with Crippen molar-refractivity contribution in [1.82, 2.24) is 15.2 Å². The number of imide groups is 1. The first-order chi connectivity index (χ1) is 17.6. The summed E-state index contributed by atoms with van der Waals surface area (Å²) < 4.78 is 0. The number of carbonyl (C=O) groups excluding carboxylic acids is 3. The number of H-pyrrole nitrogens is 1. The third-order valence-corrected chi connectivity index (χ3v) is 6.96. The SMILES string of the molecule is C=CCNC(=O)c1ccccc1N1C(=O)C2Cc3c([nH]c4ccccc34)C(c3ccccc3)N2C1=O. The lowest BCUT2D eigenvalue weighted by Gasteiger charge is -2.36. The average molecular weight is 477 g/mol. The molecule has 1 aromatic heterocycles. The largest absolute Gasteiger partial charge is 0.356 e. The fourth-order valence-electron chi connectivity index (χ4n) is 5.40. The van der Waals surface area contributed by atoms with E-state index in [1.54, 1.807) is 35.2 Å². The van der Waals surface area contributed by atoms with Crippen molar-refractivity contribution in [2.75, 3.05) is 11.4 Å². The molecule has 36 heavy (non-hydrogen) atoms. The summed E-state index contributed by atoms with van der Waals surface area (Å²) in [5, 5.41) is 3.80. The molecule has 0 spiro atoms. The molecule has 0 saturated carbocycles. The van der Waals surface area contributed by atoms with Gasteiger partial charge in [0, 0.05) is 29.6 Å². The number of amides is 4. The van der Waals surface area contributed by atoms with Crippen LogP contribution in [0.15, 0.2) is 91.5 Å². The Bertz CT molecular complexity index is 1520. The van der Waals surface area contributed by atoms with E-state index in [0.29, 0.717) is 6.42 Å². The highest BCUT2D eigenvalue weighted by Crippen LogP contribution is 2.45. The Morgan fingerprint density at radius 3 is 2.53 bits per heavy atom. The summed E-state index contributed by atoms with van der Waals surface area (Å²) in [6.07, 6.45) is 1.98. The lowest BCUT2D eigenvalue weighted by atomic mass is 9.89. The number of nitrogens with zero attached hydrogens (tertiary/aromatic N) is 2. The van der Waals surface area contributed by atoms with Crippen molar-refractivity contribution in [3.63, 3.8) is 0 Å². The Kier molecular flexibility index (Phi) is 5.18. The number of anilines is 1. The molecule has 0 aliphatic carbocycles. The van der Waals surface area contributed by atoms with Gasteiger partial charge in [-0.1, -0.05) is 66.7 Å². The molecule has 6 rings (SSSR count). The molecule has 1 saturated heterocycles. The molecule has 2 N–H and O–H groups in total. The van der Waals surface area contributed by atoms with Gasteiger partial charge in [0.1, 0.15) is 12.1 Å². The van der Waals surface area contributed by atoms with Crippen LogP contribution in [0.2, 0.25) is 0 Å². The van der Waals surface area contributed by atoms with E-state index >= 15 is 0 Å². The number of nitrogens with one attached hydrogen (secondary N) is 2. The van der Waals surface area contributed by atoms with E-state index in [9.17, 15) is 14.4 Å². The topological polar surface area (TPSA) is 85.5 Å². The van der Waals surface area contributed by atoms with Crippen LogP contribution in [0.4, 0.5) is 10.5 Å². The number of hydrogen-bond donors (Lipinski definition) is 2. The van der Waals surface area contributed by atoms with Gasteiger partial charge in [-0.15, -0.1) is 6.58 Å². The minimum Gasteiger partial charge on any atom is -0.356 e. The first-order valence-corrected chi connectivity index (χ1v) is 11.9. The van der Waals surface area contributed by atoms with Crippen molar-refractivity contribution in [3.05, 3.63) is 114 Å². The van der Waals surface area contributed by atoms with Gasteiger partial charge in [-0.2, -0.15) is 0 Å². The number of fused-ring (bicyclic) bond motifs is 4. The molecule has 2 aliphatic heterocycles. The number of benzene rings is 3.